The Labute approximate surface area is 167 Å². The highest BCUT2D eigenvalue weighted by Crippen LogP contribution is 2.18. The number of aromatic nitrogens is 1. The summed E-state index contributed by atoms with van der Waals surface area (Å²) in [6, 6.07) is 13.4. The third kappa shape index (κ3) is 5.89. The van der Waals surface area contributed by atoms with Gasteiger partial charge in [-0.05, 0) is 30.0 Å². The third-order valence-electron chi connectivity index (χ3n) is 3.85. The van der Waals surface area contributed by atoms with Gasteiger partial charge < -0.3 is 14.4 Å². The predicted molar refractivity (Wildman–Crippen MR) is 108 cm³/mol. The van der Waals surface area contributed by atoms with Crippen LogP contribution < -0.4 is 4.74 Å². The fourth-order valence-electron chi connectivity index (χ4n) is 2.55. The highest BCUT2D eigenvalue weighted by molar-refractivity contribution is 7.12. The highest BCUT2D eigenvalue weighted by atomic mass is 32.1. The number of thiazole rings is 1. The molecule has 0 radical (unpaired) electrons. The van der Waals surface area contributed by atoms with Crippen molar-refractivity contribution in [1.29, 1.82) is 0 Å². The molecule has 0 spiro atoms. The first-order valence-corrected chi connectivity index (χ1v) is 10.4. The van der Waals surface area contributed by atoms with Gasteiger partial charge in [-0.1, -0.05) is 24.3 Å². The summed E-state index contributed by atoms with van der Waals surface area (Å²) in [5.74, 6) is 0.861. The summed E-state index contributed by atoms with van der Waals surface area (Å²) < 4.78 is 10.9. The molecule has 0 saturated heterocycles. The number of hydrogen-bond donors (Lipinski definition) is 0. The molecule has 1 aromatic carbocycles. The molecule has 3 aromatic rings. The Morgan fingerprint density at radius 2 is 2.00 bits per heavy atom. The predicted octanol–water partition coefficient (Wildman–Crippen LogP) is 4.46. The number of ether oxygens (including phenoxy) is 2. The van der Waals surface area contributed by atoms with Crippen molar-refractivity contribution in [3.63, 3.8) is 0 Å². The molecule has 0 aliphatic carbocycles. The van der Waals surface area contributed by atoms with Gasteiger partial charge in [0.2, 0.25) is 0 Å². The van der Waals surface area contributed by atoms with Gasteiger partial charge in [-0.2, -0.15) is 0 Å². The van der Waals surface area contributed by atoms with E-state index in [9.17, 15) is 4.79 Å². The quantitative estimate of drug-likeness (QED) is 0.470. The summed E-state index contributed by atoms with van der Waals surface area (Å²) in [4.78, 5) is 20.0. The lowest BCUT2D eigenvalue weighted by molar-refractivity contribution is 0.0726. The molecule has 1 amide bonds. The first-order valence-electron chi connectivity index (χ1n) is 8.69. The summed E-state index contributed by atoms with van der Waals surface area (Å²) >= 11 is 3.01. The van der Waals surface area contributed by atoms with Crippen LogP contribution in [0, 0.1) is 0 Å². The molecule has 2 aromatic heterocycles. The van der Waals surface area contributed by atoms with Crippen LogP contribution in [0.25, 0.3) is 0 Å². The third-order valence-corrected chi connectivity index (χ3v) is 5.58. The van der Waals surface area contributed by atoms with Gasteiger partial charge in [0.05, 0.1) is 17.1 Å². The maximum absolute atomic E-state index is 12.8. The molecular weight excluding hydrogens is 380 g/mol. The number of thiophene rings is 1. The van der Waals surface area contributed by atoms with E-state index in [0.717, 1.165) is 27.7 Å². The Kier molecular flexibility index (Phi) is 7.38. The summed E-state index contributed by atoms with van der Waals surface area (Å²) in [5, 5.41) is 4.81. The molecule has 0 aliphatic rings. The number of benzene rings is 1. The van der Waals surface area contributed by atoms with Crippen molar-refractivity contribution in [2.75, 3.05) is 20.3 Å². The van der Waals surface area contributed by atoms with E-state index in [1.54, 1.807) is 18.4 Å². The van der Waals surface area contributed by atoms with Crippen LogP contribution in [0.5, 0.6) is 5.75 Å². The summed E-state index contributed by atoms with van der Waals surface area (Å²) in [5.41, 5.74) is 0.883. The van der Waals surface area contributed by atoms with E-state index in [-0.39, 0.29) is 5.91 Å². The van der Waals surface area contributed by atoms with Gasteiger partial charge in [-0.15, -0.1) is 22.7 Å². The van der Waals surface area contributed by atoms with Crippen LogP contribution >= 0.6 is 22.7 Å². The molecule has 2 heterocycles. The van der Waals surface area contributed by atoms with E-state index < -0.39 is 0 Å². The number of methoxy groups -OCH3 is 1. The minimum absolute atomic E-state index is 0.0381. The molecule has 0 unspecified atom stereocenters. The standard InChI is InChI=1S/C20H22N2O3S2/c1-24-11-6-10-22(20(23)18-9-5-12-26-18)13-16-15-27-19(21-16)14-25-17-7-3-2-4-8-17/h2-5,7-9,12,15H,6,10-11,13-14H2,1H3. The molecule has 7 heteroatoms. The first-order chi connectivity index (χ1) is 13.3. The molecule has 0 atom stereocenters. The van der Waals surface area contributed by atoms with Gasteiger partial charge in [-0.25, -0.2) is 4.98 Å². The second-order valence-corrected chi connectivity index (χ2v) is 7.78. The fourth-order valence-corrected chi connectivity index (χ4v) is 3.94. The Morgan fingerprint density at radius 3 is 2.74 bits per heavy atom. The summed E-state index contributed by atoms with van der Waals surface area (Å²) in [7, 11) is 1.67. The number of para-hydroxylation sites is 1. The number of rotatable bonds is 10. The van der Waals surface area contributed by atoms with E-state index in [0.29, 0.717) is 26.3 Å². The van der Waals surface area contributed by atoms with Crippen LogP contribution in [-0.2, 0) is 17.9 Å². The Bertz CT molecular complexity index is 819. The molecule has 0 aliphatic heterocycles. The zero-order valence-electron chi connectivity index (χ0n) is 15.2. The molecule has 0 fully saturated rings. The van der Waals surface area contributed by atoms with E-state index in [1.165, 1.54) is 11.3 Å². The molecule has 142 valence electrons. The van der Waals surface area contributed by atoms with Crippen LogP contribution in [-0.4, -0.2) is 36.1 Å². The average Bonchev–Trinajstić information content (AvgIpc) is 3.38. The van der Waals surface area contributed by atoms with Crippen molar-refractivity contribution in [3.05, 3.63) is 68.8 Å². The monoisotopic (exact) mass is 402 g/mol. The van der Waals surface area contributed by atoms with Gasteiger partial charge in [0.25, 0.3) is 5.91 Å². The van der Waals surface area contributed by atoms with Crippen molar-refractivity contribution >= 4 is 28.6 Å². The van der Waals surface area contributed by atoms with Crippen molar-refractivity contribution in [3.8, 4) is 5.75 Å². The van der Waals surface area contributed by atoms with Gasteiger partial charge in [-0.3, -0.25) is 4.79 Å². The van der Waals surface area contributed by atoms with E-state index in [2.05, 4.69) is 4.98 Å². The molecule has 27 heavy (non-hydrogen) atoms. The fraction of sp³-hybridized carbons (Fsp3) is 0.300. The van der Waals surface area contributed by atoms with Crippen molar-refractivity contribution in [1.82, 2.24) is 9.88 Å². The second-order valence-electron chi connectivity index (χ2n) is 5.88. The highest BCUT2D eigenvalue weighted by Gasteiger charge is 2.18. The van der Waals surface area contributed by atoms with Gasteiger partial charge in [0.1, 0.15) is 17.4 Å². The van der Waals surface area contributed by atoms with E-state index >= 15 is 0 Å². The van der Waals surface area contributed by atoms with Gasteiger partial charge in [0.15, 0.2) is 0 Å². The number of carbonyl (C=O) groups is 1. The van der Waals surface area contributed by atoms with E-state index in [4.69, 9.17) is 9.47 Å². The smallest absolute Gasteiger partial charge is 0.264 e. The molecule has 0 N–H and O–H groups in total. The zero-order chi connectivity index (χ0) is 18.9. The molecular formula is C20H22N2O3S2. The number of carbonyl (C=O) groups excluding carboxylic acids is 1. The minimum Gasteiger partial charge on any atom is -0.486 e. The Hall–Kier alpha value is -2.22. The Morgan fingerprint density at radius 1 is 1.15 bits per heavy atom. The first kappa shape index (κ1) is 19.5. The molecule has 0 bridgehead atoms. The number of amides is 1. The maximum Gasteiger partial charge on any atom is 0.264 e. The van der Waals surface area contributed by atoms with Crippen LogP contribution in [0.4, 0.5) is 0 Å². The van der Waals surface area contributed by atoms with Gasteiger partial charge in [0, 0.05) is 25.6 Å². The van der Waals surface area contributed by atoms with Gasteiger partial charge >= 0.3 is 0 Å². The van der Waals surface area contributed by atoms with Crippen molar-refractivity contribution in [2.24, 2.45) is 0 Å². The van der Waals surface area contributed by atoms with Crippen LogP contribution in [0.2, 0.25) is 0 Å². The van der Waals surface area contributed by atoms with Crippen LogP contribution in [0.1, 0.15) is 26.8 Å². The lowest BCUT2D eigenvalue weighted by Crippen LogP contribution is -2.31. The molecule has 0 saturated carbocycles. The average molecular weight is 403 g/mol. The lowest BCUT2D eigenvalue weighted by atomic mass is 10.3. The van der Waals surface area contributed by atoms with Crippen molar-refractivity contribution in [2.45, 2.75) is 19.6 Å². The summed E-state index contributed by atoms with van der Waals surface area (Å²) in [6.45, 7) is 2.18. The topological polar surface area (TPSA) is 51.7 Å². The summed E-state index contributed by atoms with van der Waals surface area (Å²) in [6.07, 6.45) is 0.793. The Balaban J connectivity index is 1.61. The lowest BCUT2D eigenvalue weighted by Gasteiger charge is -2.21. The van der Waals surface area contributed by atoms with Crippen LogP contribution in [0.3, 0.4) is 0 Å². The zero-order valence-corrected chi connectivity index (χ0v) is 16.8. The molecule has 5 nitrogen and oxygen atoms in total. The number of nitrogens with zero attached hydrogens (tertiary/aromatic N) is 2. The molecule has 3 rings (SSSR count). The van der Waals surface area contributed by atoms with Crippen molar-refractivity contribution < 1.29 is 14.3 Å². The minimum atomic E-state index is 0.0381. The largest absolute Gasteiger partial charge is 0.486 e. The van der Waals surface area contributed by atoms with Crippen LogP contribution in [0.15, 0.2) is 53.2 Å². The second kappa shape index (κ2) is 10.2. The SMILES string of the molecule is COCCCN(Cc1csc(COc2ccccc2)n1)C(=O)c1cccs1. The number of hydrogen-bond acceptors (Lipinski definition) is 6. The van der Waals surface area contributed by atoms with E-state index in [1.807, 2.05) is 58.1 Å². The normalized spacial score (nSPS) is 10.7. The maximum atomic E-state index is 12.8.